The topological polar surface area (TPSA) is 42.4 Å². The minimum atomic E-state index is 0.221. The molecule has 0 unspecified atom stereocenters. The zero-order valence-corrected chi connectivity index (χ0v) is 7.19. The summed E-state index contributed by atoms with van der Waals surface area (Å²) in [6.45, 7) is 0. The summed E-state index contributed by atoms with van der Waals surface area (Å²) in [5, 5.41) is 11.1. The van der Waals surface area contributed by atoms with E-state index in [1.807, 2.05) is 12.1 Å². The Kier molecular flexibility index (Phi) is 1.77. The van der Waals surface area contributed by atoms with Gasteiger partial charge in [0.15, 0.2) is 0 Å². The molecule has 0 spiro atoms. The molecule has 0 aliphatic rings. The van der Waals surface area contributed by atoms with Crippen molar-refractivity contribution in [3.05, 3.63) is 30.5 Å². The lowest BCUT2D eigenvalue weighted by Gasteiger charge is -2.03. The highest BCUT2D eigenvalue weighted by Crippen LogP contribution is 2.25. The molecule has 0 radical (unpaired) electrons. The molecule has 0 bridgehead atoms. The number of rotatable bonds is 1. The summed E-state index contributed by atoms with van der Waals surface area (Å²) in [5.41, 5.74) is 0. The van der Waals surface area contributed by atoms with E-state index < -0.39 is 0 Å². The summed E-state index contributed by atoms with van der Waals surface area (Å²) >= 11 is 0. The van der Waals surface area contributed by atoms with Crippen LogP contribution >= 0.6 is 0 Å². The smallest absolute Gasteiger partial charge is 0.221 e. The van der Waals surface area contributed by atoms with Crippen molar-refractivity contribution in [2.24, 2.45) is 0 Å². The zero-order chi connectivity index (χ0) is 9.26. The Morgan fingerprint density at radius 1 is 1.31 bits per heavy atom. The fourth-order valence-electron chi connectivity index (χ4n) is 1.29. The lowest BCUT2D eigenvalue weighted by molar-refractivity contribution is 0.403. The molecule has 0 aliphatic carbocycles. The predicted molar refractivity (Wildman–Crippen MR) is 50.0 cm³/mol. The normalized spacial score (nSPS) is 10.2. The number of ether oxygens (including phenoxy) is 1. The van der Waals surface area contributed by atoms with Gasteiger partial charge in [-0.2, -0.15) is 0 Å². The largest absolute Gasteiger partial charge is 0.508 e. The molecule has 0 aliphatic heterocycles. The predicted octanol–water partition coefficient (Wildman–Crippen LogP) is 1.95. The van der Waals surface area contributed by atoms with Crippen molar-refractivity contribution in [2.45, 2.75) is 0 Å². The van der Waals surface area contributed by atoms with Gasteiger partial charge in [0, 0.05) is 11.6 Å². The van der Waals surface area contributed by atoms with Gasteiger partial charge in [-0.05, 0) is 23.6 Å². The highest BCUT2D eigenvalue weighted by atomic mass is 16.5. The quantitative estimate of drug-likeness (QED) is 0.720. The molecule has 1 heterocycles. The third-order valence-electron chi connectivity index (χ3n) is 1.91. The second kappa shape index (κ2) is 2.94. The number of methoxy groups -OCH3 is 1. The third-order valence-corrected chi connectivity index (χ3v) is 1.91. The van der Waals surface area contributed by atoms with Gasteiger partial charge in [-0.1, -0.05) is 6.07 Å². The molecule has 3 heteroatoms. The van der Waals surface area contributed by atoms with E-state index in [-0.39, 0.29) is 5.75 Å². The standard InChI is InChI=1S/C10H9NO2/c1-13-10-9-6-8(12)3-2-7(9)4-5-11-10/h2-6,12H,1H3. The Bertz CT molecular complexity index is 440. The van der Waals surface area contributed by atoms with E-state index in [0.29, 0.717) is 5.88 Å². The van der Waals surface area contributed by atoms with Crippen LogP contribution in [0.25, 0.3) is 10.8 Å². The minimum Gasteiger partial charge on any atom is -0.508 e. The first-order chi connectivity index (χ1) is 6.31. The maximum absolute atomic E-state index is 9.27. The summed E-state index contributed by atoms with van der Waals surface area (Å²) in [4.78, 5) is 4.03. The van der Waals surface area contributed by atoms with Gasteiger partial charge in [0.05, 0.1) is 7.11 Å². The van der Waals surface area contributed by atoms with E-state index in [4.69, 9.17) is 4.74 Å². The third kappa shape index (κ3) is 1.28. The molecule has 1 aromatic carbocycles. The Morgan fingerprint density at radius 3 is 2.92 bits per heavy atom. The van der Waals surface area contributed by atoms with E-state index in [0.717, 1.165) is 10.8 Å². The van der Waals surface area contributed by atoms with Gasteiger partial charge in [0.1, 0.15) is 5.75 Å². The van der Waals surface area contributed by atoms with Crippen LogP contribution in [-0.2, 0) is 0 Å². The Balaban J connectivity index is 2.79. The van der Waals surface area contributed by atoms with Gasteiger partial charge in [-0.25, -0.2) is 4.98 Å². The van der Waals surface area contributed by atoms with Crippen LogP contribution in [0.4, 0.5) is 0 Å². The van der Waals surface area contributed by atoms with E-state index >= 15 is 0 Å². The number of pyridine rings is 1. The number of phenolic OH excluding ortho intramolecular Hbond substituents is 1. The van der Waals surface area contributed by atoms with Gasteiger partial charge in [0.25, 0.3) is 0 Å². The van der Waals surface area contributed by atoms with Crippen molar-refractivity contribution in [1.29, 1.82) is 0 Å². The van der Waals surface area contributed by atoms with Crippen molar-refractivity contribution in [1.82, 2.24) is 4.98 Å². The summed E-state index contributed by atoms with van der Waals surface area (Å²) in [7, 11) is 1.56. The fraction of sp³-hybridized carbons (Fsp3) is 0.100. The van der Waals surface area contributed by atoms with Gasteiger partial charge < -0.3 is 9.84 Å². The van der Waals surface area contributed by atoms with Gasteiger partial charge in [-0.3, -0.25) is 0 Å². The first-order valence-corrected chi connectivity index (χ1v) is 3.93. The molecule has 13 heavy (non-hydrogen) atoms. The maximum Gasteiger partial charge on any atom is 0.221 e. The molecular formula is C10H9NO2. The van der Waals surface area contributed by atoms with Crippen molar-refractivity contribution < 1.29 is 9.84 Å². The molecule has 0 saturated heterocycles. The average Bonchev–Trinajstić information content (AvgIpc) is 2.17. The van der Waals surface area contributed by atoms with Gasteiger partial charge in [-0.15, -0.1) is 0 Å². The summed E-state index contributed by atoms with van der Waals surface area (Å²) in [5.74, 6) is 0.757. The SMILES string of the molecule is COc1nccc2ccc(O)cc12. The van der Waals surface area contributed by atoms with Crippen LogP contribution in [0.1, 0.15) is 0 Å². The second-order valence-corrected chi connectivity index (χ2v) is 2.73. The van der Waals surface area contributed by atoms with Gasteiger partial charge >= 0.3 is 0 Å². The number of benzene rings is 1. The highest BCUT2D eigenvalue weighted by molar-refractivity contribution is 5.87. The number of aromatic hydroxyl groups is 1. The number of nitrogens with zero attached hydrogens (tertiary/aromatic N) is 1. The lowest BCUT2D eigenvalue weighted by atomic mass is 10.1. The molecule has 3 nitrogen and oxygen atoms in total. The molecule has 2 aromatic rings. The minimum absolute atomic E-state index is 0.221. The fourth-order valence-corrected chi connectivity index (χ4v) is 1.29. The van der Waals surface area contributed by atoms with Gasteiger partial charge in [0.2, 0.25) is 5.88 Å². The van der Waals surface area contributed by atoms with E-state index in [1.54, 1.807) is 25.4 Å². The number of hydrogen-bond donors (Lipinski definition) is 1. The van der Waals surface area contributed by atoms with Crippen molar-refractivity contribution in [2.75, 3.05) is 7.11 Å². The molecule has 1 N–H and O–H groups in total. The summed E-state index contributed by atoms with van der Waals surface area (Å²) in [6.07, 6.45) is 1.68. The Morgan fingerprint density at radius 2 is 2.15 bits per heavy atom. The van der Waals surface area contributed by atoms with Crippen LogP contribution in [0.3, 0.4) is 0 Å². The number of phenols is 1. The van der Waals surface area contributed by atoms with Crippen LogP contribution < -0.4 is 4.74 Å². The van der Waals surface area contributed by atoms with Crippen LogP contribution in [-0.4, -0.2) is 17.2 Å². The average molecular weight is 175 g/mol. The molecule has 1 aromatic heterocycles. The van der Waals surface area contributed by atoms with Crippen LogP contribution in [0, 0.1) is 0 Å². The molecule has 0 fully saturated rings. The number of hydrogen-bond acceptors (Lipinski definition) is 3. The first kappa shape index (κ1) is 7.86. The van der Waals surface area contributed by atoms with Crippen molar-refractivity contribution in [3.8, 4) is 11.6 Å². The zero-order valence-electron chi connectivity index (χ0n) is 7.19. The van der Waals surface area contributed by atoms with Crippen LogP contribution in [0.2, 0.25) is 0 Å². The van der Waals surface area contributed by atoms with E-state index in [1.165, 1.54) is 0 Å². The van der Waals surface area contributed by atoms with Crippen LogP contribution in [0.15, 0.2) is 30.5 Å². The second-order valence-electron chi connectivity index (χ2n) is 2.73. The first-order valence-electron chi connectivity index (χ1n) is 3.93. The Labute approximate surface area is 75.6 Å². The molecule has 0 amide bonds. The Hall–Kier alpha value is -1.77. The summed E-state index contributed by atoms with van der Waals surface area (Å²) in [6, 6.07) is 6.98. The molecule has 0 saturated carbocycles. The van der Waals surface area contributed by atoms with E-state index in [9.17, 15) is 5.11 Å². The monoisotopic (exact) mass is 175 g/mol. The highest BCUT2D eigenvalue weighted by Gasteiger charge is 2.01. The molecule has 66 valence electrons. The number of aromatic nitrogens is 1. The van der Waals surface area contributed by atoms with Crippen molar-refractivity contribution >= 4 is 10.8 Å². The maximum atomic E-state index is 9.27. The van der Waals surface area contributed by atoms with Crippen molar-refractivity contribution in [3.63, 3.8) is 0 Å². The number of fused-ring (bicyclic) bond motifs is 1. The molecular weight excluding hydrogens is 166 g/mol. The molecule has 0 atom stereocenters. The summed E-state index contributed by atoms with van der Waals surface area (Å²) < 4.78 is 5.06. The van der Waals surface area contributed by atoms with Crippen LogP contribution in [0.5, 0.6) is 11.6 Å². The lowest BCUT2D eigenvalue weighted by Crippen LogP contribution is -1.87. The van der Waals surface area contributed by atoms with E-state index in [2.05, 4.69) is 4.98 Å². The molecule has 2 rings (SSSR count).